The zero-order valence-electron chi connectivity index (χ0n) is 9.27. The van der Waals surface area contributed by atoms with Gasteiger partial charge in [0, 0.05) is 12.5 Å². The van der Waals surface area contributed by atoms with Crippen LogP contribution in [0.5, 0.6) is 0 Å². The maximum atomic E-state index is 11.4. The number of ketones is 1. The molecule has 1 fully saturated rings. The van der Waals surface area contributed by atoms with E-state index in [0.717, 1.165) is 12.8 Å². The van der Waals surface area contributed by atoms with E-state index in [9.17, 15) is 9.59 Å². The van der Waals surface area contributed by atoms with Gasteiger partial charge in [0.2, 0.25) is 5.78 Å². The first kappa shape index (κ1) is 13.1. The van der Waals surface area contributed by atoms with E-state index in [2.05, 4.69) is 5.32 Å². The van der Waals surface area contributed by atoms with E-state index >= 15 is 0 Å². The molecule has 5 N–H and O–H groups in total. The van der Waals surface area contributed by atoms with Gasteiger partial charge >= 0.3 is 0 Å². The summed E-state index contributed by atoms with van der Waals surface area (Å²) in [6, 6.07) is -0.859. The molecule has 92 valence electrons. The Morgan fingerprint density at radius 2 is 2.06 bits per heavy atom. The average Bonchev–Trinajstić information content (AvgIpc) is 2.95. The van der Waals surface area contributed by atoms with E-state index in [1.807, 2.05) is 0 Å². The van der Waals surface area contributed by atoms with Gasteiger partial charge in [-0.25, -0.2) is 0 Å². The molecule has 1 aliphatic carbocycles. The highest BCUT2D eigenvalue weighted by Gasteiger charge is 2.29. The number of nitrogens with two attached hydrogens (primary N) is 1. The van der Waals surface area contributed by atoms with E-state index < -0.39 is 23.5 Å². The number of nitrogens with one attached hydrogen (secondary N) is 1. The maximum absolute atomic E-state index is 11.4. The molecule has 0 aromatic heterocycles. The van der Waals surface area contributed by atoms with Crippen LogP contribution in [-0.4, -0.2) is 39.8 Å². The largest absolute Gasteiger partial charge is 0.366 e. The Morgan fingerprint density at radius 3 is 2.50 bits per heavy atom. The summed E-state index contributed by atoms with van der Waals surface area (Å²) in [7, 11) is 0. The lowest BCUT2D eigenvalue weighted by atomic mass is 10.0. The Kier molecular flexibility index (Phi) is 4.01. The SMILES string of the molecule is CC(O)(O)CCC(N)C(=O)C(=O)NC1CC1. The van der Waals surface area contributed by atoms with Crippen LogP contribution in [0.15, 0.2) is 0 Å². The number of hydrogen-bond acceptors (Lipinski definition) is 5. The minimum Gasteiger partial charge on any atom is -0.366 e. The van der Waals surface area contributed by atoms with E-state index in [-0.39, 0.29) is 18.9 Å². The van der Waals surface area contributed by atoms with Gasteiger partial charge in [0.25, 0.3) is 5.91 Å². The van der Waals surface area contributed by atoms with Crippen molar-refractivity contribution in [3.8, 4) is 0 Å². The summed E-state index contributed by atoms with van der Waals surface area (Å²) in [6.07, 6.45) is 1.83. The van der Waals surface area contributed by atoms with Crippen LogP contribution in [0.2, 0.25) is 0 Å². The van der Waals surface area contributed by atoms with Gasteiger partial charge < -0.3 is 21.3 Å². The van der Waals surface area contributed by atoms with Crippen LogP contribution in [0.3, 0.4) is 0 Å². The fraction of sp³-hybridized carbons (Fsp3) is 0.800. The predicted molar refractivity (Wildman–Crippen MR) is 56.2 cm³/mol. The van der Waals surface area contributed by atoms with Gasteiger partial charge in [-0.3, -0.25) is 9.59 Å². The second-order valence-electron chi connectivity index (χ2n) is 4.47. The maximum Gasteiger partial charge on any atom is 0.289 e. The van der Waals surface area contributed by atoms with Crippen molar-refractivity contribution >= 4 is 11.7 Å². The molecule has 0 bridgehead atoms. The average molecular weight is 230 g/mol. The highest BCUT2D eigenvalue weighted by atomic mass is 16.5. The van der Waals surface area contributed by atoms with E-state index in [4.69, 9.17) is 15.9 Å². The van der Waals surface area contributed by atoms with Gasteiger partial charge in [-0.2, -0.15) is 0 Å². The van der Waals surface area contributed by atoms with Gasteiger partial charge in [-0.15, -0.1) is 0 Å². The molecular formula is C10H18N2O4. The lowest BCUT2D eigenvalue weighted by Gasteiger charge is -2.17. The van der Waals surface area contributed by atoms with Gasteiger partial charge in [0.15, 0.2) is 5.79 Å². The van der Waals surface area contributed by atoms with Crippen LogP contribution >= 0.6 is 0 Å². The van der Waals surface area contributed by atoms with Gasteiger partial charge in [-0.1, -0.05) is 0 Å². The van der Waals surface area contributed by atoms with Gasteiger partial charge in [0.1, 0.15) is 0 Å². The first-order valence-electron chi connectivity index (χ1n) is 5.34. The third kappa shape index (κ3) is 4.69. The number of amides is 1. The lowest BCUT2D eigenvalue weighted by molar-refractivity contribution is -0.152. The van der Waals surface area contributed by atoms with Crippen molar-refractivity contribution in [2.24, 2.45) is 5.73 Å². The molecule has 1 rings (SSSR count). The van der Waals surface area contributed by atoms with E-state index in [1.165, 1.54) is 6.92 Å². The molecule has 0 aliphatic heterocycles. The molecule has 1 saturated carbocycles. The number of Topliss-reactive ketones (excluding diaryl/α,β-unsaturated/α-hetero) is 1. The number of carbonyl (C=O) groups excluding carboxylic acids is 2. The second-order valence-corrected chi connectivity index (χ2v) is 4.47. The summed E-state index contributed by atoms with van der Waals surface area (Å²) in [5, 5.41) is 20.6. The normalized spacial score (nSPS) is 18.0. The molecule has 1 unspecified atom stereocenters. The molecule has 6 heteroatoms. The molecule has 1 aliphatic rings. The number of aliphatic hydroxyl groups is 2. The summed E-state index contributed by atoms with van der Waals surface area (Å²) in [5.41, 5.74) is 5.49. The van der Waals surface area contributed by atoms with Crippen LogP contribution in [0.4, 0.5) is 0 Å². The van der Waals surface area contributed by atoms with Crippen molar-refractivity contribution in [3.63, 3.8) is 0 Å². The fourth-order valence-electron chi connectivity index (χ4n) is 1.21. The topological polar surface area (TPSA) is 113 Å². The molecule has 0 heterocycles. The molecule has 0 spiro atoms. The Bertz CT molecular complexity index is 281. The molecule has 0 radical (unpaired) electrons. The summed E-state index contributed by atoms with van der Waals surface area (Å²) in [5.74, 6) is -3.23. The molecule has 0 aromatic carbocycles. The van der Waals surface area contributed by atoms with Crippen LogP contribution in [0, 0.1) is 0 Å². The summed E-state index contributed by atoms with van der Waals surface area (Å²) in [6.45, 7) is 1.20. The Morgan fingerprint density at radius 1 is 1.50 bits per heavy atom. The highest BCUT2D eigenvalue weighted by Crippen LogP contribution is 2.18. The molecular weight excluding hydrogens is 212 g/mol. The first-order valence-corrected chi connectivity index (χ1v) is 5.34. The van der Waals surface area contributed by atoms with Crippen molar-refractivity contribution in [2.75, 3.05) is 0 Å². The molecule has 0 saturated heterocycles. The Labute approximate surface area is 93.8 Å². The third-order valence-corrected chi connectivity index (χ3v) is 2.40. The summed E-state index contributed by atoms with van der Waals surface area (Å²) >= 11 is 0. The zero-order chi connectivity index (χ0) is 12.3. The molecule has 16 heavy (non-hydrogen) atoms. The van der Waals surface area contributed by atoms with Crippen LogP contribution in [0.25, 0.3) is 0 Å². The lowest BCUT2D eigenvalue weighted by Crippen LogP contribution is -2.44. The number of rotatable bonds is 6. The molecule has 6 nitrogen and oxygen atoms in total. The van der Waals surface area contributed by atoms with Crippen LogP contribution < -0.4 is 11.1 Å². The van der Waals surface area contributed by atoms with Gasteiger partial charge in [0.05, 0.1) is 6.04 Å². The molecule has 1 amide bonds. The van der Waals surface area contributed by atoms with Crippen LogP contribution in [-0.2, 0) is 9.59 Å². The minimum atomic E-state index is -1.86. The molecule has 0 aromatic rings. The fourth-order valence-corrected chi connectivity index (χ4v) is 1.21. The highest BCUT2D eigenvalue weighted by molar-refractivity contribution is 6.38. The summed E-state index contributed by atoms with van der Waals surface area (Å²) < 4.78 is 0. The minimum absolute atomic E-state index is 0.0450. The second kappa shape index (κ2) is 4.90. The van der Waals surface area contributed by atoms with Gasteiger partial charge in [-0.05, 0) is 26.2 Å². The monoisotopic (exact) mass is 230 g/mol. The Hall–Kier alpha value is -0.980. The van der Waals surface area contributed by atoms with Crippen molar-refractivity contribution in [1.29, 1.82) is 0 Å². The number of carbonyl (C=O) groups is 2. The number of hydrogen-bond donors (Lipinski definition) is 4. The van der Waals surface area contributed by atoms with Crippen LogP contribution in [0.1, 0.15) is 32.6 Å². The quantitative estimate of drug-likeness (QED) is 0.332. The molecule has 1 atom stereocenters. The Balaban J connectivity index is 2.31. The smallest absolute Gasteiger partial charge is 0.289 e. The summed E-state index contributed by atoms with van der Waals surface area (Å²) in [4.78, 5) is 22.7. The third-order valence-electron chi connectivity index (χ3n) is 2.40. The van der Waals surface area contributed by atoms with E-state index in [0.29, 0.717) is 0 Å². The van der Waals surface area contributed by atoms with Crippen molar-refractivity contribution in [1.82, 2.24) is 5.32 Å². The van der Waals surface area contributed by atoms with E-state index in [1.54, 1.807) is 0 Å². The van der Waals surface area contributed by atoms with Crippen molar-refractivity contribution in [3.05, 3.63) is 0 Å². The predicted octanol–water partition coefficient (Wildman–Crippen LogP) is -1.36. The zero-order valence-corrected chi connectivity index (χ0v) is 9.27. The standard InChI is InChI=1S/C10H18N2O4/c1-10(15,16)5-4-7(11)8(13)9(14)12-6-2-3-6/h6-7,15-16H,2-5,11H2,1H3,(H,12,14). The first-order chi connectivity index (χ1) is 7.29. The van der Waals surface area contributed by atoms with Crippen molar-refractivity contribution in [2.45, 2.75) is 50.5 Å². The van der Waals surface area contributed by atoms with Crippen molar-refractivity contribution < 1.29 is 19.8 Å².